The average molecular weight is 358 g/mol. The number of hydrogen-bond acceptors (Lipinski definition) is 5. The number of aromatic hydroxyl groups is 1. The molecule has 25 heavy (non-hydrogen) atoms. The Labute approximate surface area is 143 Å². The maximum absolute atomic E-state index is 12.5. The normalized spacial score (nSPS) is 11.4. The van der Waals surface area contributed by atoms with Gasteiger partial charge in [0.2, 0.25) is 0 Å². The summed E-state index contributed by atoms with van der Waals surface area (Å²) in [6.07, 6.45) is 0. The molecule has 7 nitrogen and oxygen atoms in total. The third kappa shape index (κ3) is 3.25. The number of nitrogens with one attached hydrogen (secondary N) is 1. The van der Waals surface area contributed by atoms with Crippen LogP contribution in [-0.2, 0) is 10.1 Å². The second-order valence-corrected chi connectivity index (χ2v) is 6.76. The molecule has 0 fully saturated rings. The van der Waals surface area contributed by atoms with Crippen LogP contribution < -0.4 is 11.1 Å². The summed E-state index contributed by atoms with van der Waals surface area (Å²) in [5.41, 5.74) is 6.12. The van der Waals surface area contributed by atoms with Crippen molar-refractivity contribution in [1.82, 2.24) is 0 Å². The van der Waals surface area contributed by atoms with Gasteiger partial charge in [0.05, 0.1) is 5.69 Å². The zero-order chi connectivity index (χ0) is 18.2. The van der Waals surface area contributed by atoms with Gasteiger partial charge in [-0.25, -0.2) is 0 Å². The van der Waals surface area contributed by atoms with Gasteiger partial charge in [-0.1, -0.05) is 18.2 Å². The van der Waals surface area contributed by atoms with Gasteiger partial charge in [0, 0.05) is 22.0 Å². The second-order valence-electron chi connectivity index (χ2n) is 5.37. The summed E-state index contributed by atoms with van der Waals surface area (Å²) in [7, 11) is -4.59. The number of carbonyl (C=O) groups excluding carboxylic acids is 1. The molecule has 3 aromatic carbocycles. The molecule has 0 atom stereocenters. The summed E-state index contributed by atoms with van der Waals surface area (Å²) in [5, 5.41) is 13.0. The van der Waals surface area contributed by atoms with Gasteiger partial charge in [-0.15, -0.1) is 0 Å². The van der Waals surface area contributed by atoms with Gasteiger partial charge in [0.15, 0.2) is 0 Å². The number of hydrogen-bond donors (Lipinski definition) is 4. The Morgan fingerprint density at radius 1 is 1.00 bits per heavy atom. The Balaban J connectivity index is 2.19. The van der Waals surface area contributed by atoms with Crippen molar-refractivity contribution in [1.29, 1.82) is 0 Å². The molecule has 0 unspecified atom stereocenters. The number of rotatable bonds is 3. The number of phenols is 1. The highest BCUT2D eigenvalue weighted by Crippen LogP contribution is 2.35. The van der Waals surface area contributed by atoms with E-state index in [0.29, 0.717) is 11.1 Å². The molecule has 0 saturated carbocycles. The molecule has 0 aliphatic heterocycles. The molecule has 3 aromatic rings. The van der Waals surface area contributed by atoms with Crippen molar-refractivity contribution in [3.8, 4) is 5.75 Å². The molecule has 5 N–H and O–H groups in total. The lowest BCUT2D eigenvalue weighted by molar-refractivity contribution is 0.102. The molecular weight excluding hydrogens is 344 g/mol. The van der Waals surface area contributed by atoms with E-state index in [2.05, 4.69) is 5.32 Å². The Hall–Kier alpha value is -3.10. The quantitative estimate of drug-likeness (QED) is 0.421. The average Bonchev–Trinajstić information content (AvgIpc) is 2.54. The Kier molecular flexibility index (Phi) is 4.07. The van der Waals surface area contributed by atoms with Crippen LogP contribution in [-0.4, -0.2) is 24.0 Å². The van der Waals surface area contributed by atoms with Gasteiger partial charge >= 0.3 is 0 Å². The van der Waals surface area contributed by atoms with E-state index in [4.69, 9.17) is 5.73 Å². The Morgan fingerprint density at radius 2 is 1.72 bits per heavy atom. The Morgan fingerprint density at radius 3 is 2.40 bits per heavy atom. The van der Waals surface area contributed by atoms with Crippen LogP contribution in [0.2, 0.25) is 0 Å². The van der Waals surface area contributed by atoms with Crippen LogP contribution >= 0.6 is 0 Å². The first-order valence-electron chi connectivity index (χ1n) is 7.16. The van der Waals surface area contributed by atoms with E-state index in [9.17, 15) is 22.9 Å². The highest BCUT2D eigenvalue weighted by atomic mass is 32.2. The van der Waals surface area contributed by atoms with Crippen molar-refractivity contribution in [3.05, 3.63) is 60.2 Å². The molecule has 0 spiro atoms. The second kappa shape index (κ2) is 6.08. The third-order valence-corrected chi connectivity index (χ3v) is 4.56. The number of benzene rings is 3. The number of nitrogens with two attached hydrogens (primary N) is 1. The highest BCUT2D eigenvalue weighted by Gasteiger charge is 2.21. The van der Waals surface area contributed by atoms with Crippen LogP contribution in [0.3, 0.4) is 0 Å². The SMILES string of the molecule is Nc1cccc(C(=O)Nc2c(S(=O)(=O)O)ccc3c(O)cccc23)c1. The van der Waals surface area contributed by atoms with E-state index in [1.165, 1.54) is 36.4 Å². The molecule has 1 amide bonds. The predicted octanol–water partition coefficient (Wildman–Crippen LogP) is 2.63. The third-order valence-electron chi connectivity index (χ3n) is 3.67. The van der Waals surface area contributed by atoms with Crippen molar-refractivity contribution in [3.63, 3.8) is 0 Å². The molecule has 0 bridgehead atoms. The molecule has 0 saturated heterocycles. The molecule has 3 rings (SSSR count). The molecule has 8 heteroatoms. The number of carbonyl (C=O) groups is 1. The van der Waals surface area contributed by atoms with Crippen molar-refractivity contribution in [2.24, 2.45) is 0 Å². The molecule has 0 aromatic heterocycles. The van der Waals surface area contributed by atoms with Gasteiger partial charge in [0.1, 0.15) is 10.6 Å². The zero-order valence-corrected chi connectivity index (χ0v) is 13.6. The summed E-state index contributed by atoms with van der Waals surface area (Å²) in [5.74, 6) is -0.688. The van der Waals surface area contributed by atoms with Crippen LogP contribution in [0.5, 0.6) is 5.75 Å². The molecule has 0 aliphatic rings. The smallest absolute Gasteiger partial charge is 0.296 e. The monoisotopic (exact) mass is 358 g/mol. The number of amides is 1. The molecule has 0 heterocycles. The maximum Gasteiger partial charge on any atom is 0.296 e. The van der Waals surface area contributed by atoms with Gasteiger partial charge in [-0.05, 0) is 36.4 Å². The largest absolute Gasteiger partial charge is 0.507 e. The molecule has 128 valence electrons. The minimum Gasteiger partial charge on any atom is -0.507 e. The fraction of sp³-hybridized carbons (Fsp3) is 0. The number of fused-ring (bicyclic) bond motifs is 1. The summed E-state index contributed by atoms with van der Waals surface area (Å²) in [6.45, 7) is 0. The summed E-state index contributed by atoms with van der Waals surface area (Å²) in [4.78, 5) is 12.0. The van der Waals surface area contributed by atoms with E-state index in [0.717, 1.165) is 6.07 Å². The van der Waals surface area contributed by atoms with Crippen molar-refractivity contribution >= 4 is 38.2 Å². The summed E-state index contributed by atoms with van der Waals surface area (Å²) < 4.78 is 32.8. The van der Waals surface area contributed by atoms with Gasteiger partial charge < -0.3 is 16.2 Å². The first kappa shape index (κ1) is 16.7. The van der Waals surface area contributed by atoms with Crippen LogP contribution in [0.25, 0.3) is 10.8 Å². The van der Waals surface area contributed by atoms with Crippen molar-refractivity contribution < 1.29 is 22.9 Å². The first-order valence-corrected chi connectivity index (χ1v) is 8.60. The number of nitrogen functional groups attached to an aromatic ring is 1. The van der Waals surface area contributed by atoms with Gasteiger partial charge in [-0.3, -0.25) is 9.35 Å². The van der Waals surface area contributed by atoms with Crippen molar-refractivity contribution in [2.75, 3.05) is 11.1 Å². The fourth-order valence-corrected chi connectivity index (χ4v) is 3.19. The van der Waals surface area contributed by atoms with Gasteiger partial charge in [-0.2, -0.15) is 8.42 Å². The van der Waals surface area contributed by atoms with Crippen LogP contribution in [0.4, 0.5) is 11.4 Å². The van der Waals surface area contributed by atoms with E-state index in [1.54, 1.807) is 12.1 Å². The fourth-order valence-electron chi connectivity index (χ4n) is 2.53. The Bertz CT molecular complexity index is 1090. The lowest BCUT2D eigenvalue weighted by Crippen LogP contribution is -2.15. The van der Waals surface area contributed by atoms with E-state index < -0.39 is 20.9 Å². The van der Waals surface area contributed by atoms with E-state index in [-0.39, 0.29) is 22.4 Å². The van der Waals surface area contributed by atoms with E-state index >= 15 is 0 Å². The lowest BCUT2D eigenvalue weighted by atomic mass is 10.1. The summed E-state index contributed by atoms with van der Waals surface area (Å²) in [6, 6.07) is 13.1. The first-order chi connectivity index (χ1) is 11.8. The van der Waals surface area contributed by atoms with E-state index in [1.807, 2.05) is 0 Å². The molecule has 0 aliphatic carbocycles. The summed E-state index contributed by atoms with van der Waals surface area (Å²) >= 11 is 0. The van der Waals surface area contributed by atoms with Crippen LogP contribution in [0, 0.1) is 0 Å². The molecular formula is C17H14N2O5S. The number of anilines is 2. The zero-order valence-electron chi connectivity index (χ0n) is 12.8. The minimum absolute atomic E-state index is 0.0844. The standard InChI is InChI=1S/C17H14N2O5S/c18-11-4-1-3-10(9-11)17(21)19-16-13-5-2-6-14(20)12(13)7-8-15(16)25(22,23)24/h1-9,20H,18H2,(H,19,21)(H,22,23,24). The topological polar surface area (TPSA) is 130 Å². The number of phenolic OH excluding ortho intramolecular Hbond substituents is 1. The van der Waals surface area contributed by atoms with Crippen molar-refractivity contribution in [2.45, 2.75) is 4.90 Å². The molecule has 0 radical (unpaired) electrons. The maximum atomic E-state index is 12.5. The predicted molar refractivity (Wildman–Crippen MR) is 94.2 cm³/mol. The highest BCUT2D eigenvalue weighted by molar-refractivity contribution is 7.86. The van der Waals surface area contributed by atoms with Crippen LogP contribution in [0.15, 0.2) is 59.5 Å². The minimum atomic E-state index is -4.59. The lowest BCUT2D eigenvalue weighted by Gasteiger charge is -2.13. The van der Waals surface area contributed by atoms with Crippen LogP contribution in [0.1, 0.15) is 10.4 Å². The van der Waals surface area contributed by atoms with Gasteiger partial charge in [0.25, 0.3) is 16.0 Å².